The topological polar surface area (TPSA) is 55.0 Å². The zero-order valence-corrected chi connectivity index (χ0v) is 12.8. The third-order valence-electron chi connectivity index (χ3n) is 3.43. The summed E-state index contributed by atoms with van der Waals surface area (Å²) in [4.78, 5) is 11.1. The number of anilines is 3. The molecule has 1 aromatic carbocycles. The Kier molecular flexibility index (Phi) is 3.93. The highest BCUT2D eigenvalue weighted by Gasteiger charge is 2.15. The fourth-order valence-electron chi connectivity index (χ4n) is 2.01. The molecule has 106 valence electrons. The molecule has 0 radical (unpaired) electrons. The van der Waals surface area contributed by atoms with E-state index in [1.54, 1.807) is 0 Å². The van der Waals surface area contributed by atoms with E-state index in [0.717, 1.165) is 22.9 Å². The van der Waals surface area contributed by atoms with Gasteiger partial charge in [-0.05, 0) is 26.0 Å². The number of nitrogens with zero attached hydrogens (tertiary/aromatic N) is 3. The molecule has 0 atom stereocenters. The Balaban J connectivity index is 2.48. The Labute approximate surface area is 120 Å². The summed E-state index contributed by atoms with van der Waals surface area (Å²) in [5, 5.41) is 0. The van der Waals surface area contributed by atoms with Crippen LogP contribution in [0.4, 0.5) is 17.3 Å². The van der Waals surface area contributed by atoms with Crippen molar-refractivity contribution in [1.82, 2.24) is 9.97 Å². The number of aromatic nitrogens is 2. The zero-order valence-electron chi connectivity index (χ0n) is 12.8. The quantitative estimate of drug-likeness (QED) is 0.926. The van der Waals surface area contributed by atoms with Crippen LogP contribution in [0.2, 0.25) is 0 Å². The van der Waals surface area contributed by atoms with Crippen molar-refractivity contribution in [2.24, 2.45) is 0 Å². The van der Waals surface area contributed by atoms with Crippen molar-refractivity contribution < 1.29 is 0 Å². The molecule has 0 fully saturated rings. The first-order valence-corrected chi connectivity index (χ1v) is 6.84. The van der Waals surface area contributed by atoms with Gasteiger partial charge < -0.3 is 10.6 Å². The Hall–Kier alpha value is -2.10. The molecular weight excluding hydrogens is 248 g/mol. The van der Waals surface area contributed by atoms with Gasteiger partial charge >= 0.3 is 0 Å². The van der Waals surface area contributed by atoms with Crippen molar-refractivity contribution in [3.8, 4) is 0 Å². The predicted octanol–water partition coefficient (Wildman–Crippen LogP) is 3.57. The molecule has 0 aliphatic heterocycles. The molecule has 2 aromatic rings. The number of aryl methyl sites for hydroxylation is 1. The molecular formula is C16H22N4. The Morgan fingerprint density at radius 1 is 1.05 bits per heavy atom. The molecule has 4 nitrogen and oxygen atoms in total. The van der Waals surface area contributed by atoms with Crippen LogP contribution in [0.5, 0.6) is 0 Å². The lowest BCUT2D eigenvalue weighted by atomic mass is 10.2. The van der Waals surface area contributed by atoms with E-state index in [-0.39, 0.29) is 5.92 Å². The number of nitrogen functional groups attached to an aromatic ring is 1. The van der Waals surface area contributed by atoms with Crippen LogP contribution in [0.3, 0.4) is 0 Å². The molecule has 1 heterocycles. The van der Waals surface area contributed by atoms with Gasteiger partial charge in [-0.25, -0.2) is 9.97 Å². The lowest BCUT2D eigenvalue weighted by Gasteiger charge is -2.22. The molecule has 0 aliphatic carbocycles. The Bertz CT molecular complexity index is 603. The minimum atomic E-state index is 0.253. The first-order valence-electron chi connectivity index (χ1n) is 6.84. The van der Waals surface area contributed by atoms with E-state index in [0.29, 0.717) is 5.82 Å². The first kappa shape index (κ1) is 14.3. The molecule has 0 saturated heterocycles. The van der Waals surface area contributed by atoms with E-state index in [9.17, 15) is 0 Å². The molecule has 0 aliphatic rings. The summed E-state index contributed by atoms with van der Waals surface area (Å²) >= 11 is 0. The second kappa shape index (κ2) is 5.49. The van der Waals surface area contributed by atoms with E-state index in [4.69, 9.17) is 5.73 Å². The Morgan fingerprint density at radius 2 is 1.65 bits per heavy atom. The number of benzene rings is 1. The van der Waals surface area contributed by atoms with Crippen LogP contribution in [-0.2, 0) is 0 Å². The van der Waals surface area contributed by atoms with E-state index >= 15 is 0 Å². The standard InChI is InChI=1S/C16H22N4/c1-10(2)15-18-14(17)12(4)16(19-15)20(5)13-8-6-11(3)7-9-13/h6-10H,1-5H3,(H2,17,18,19). The highest BCUT2D eigenvalue weighted by molar-refractivity contribution is 5.66. The van der Waals surface area contributed by atoms with Crippen molar-refractivity contribution in [2.75, 3.05) is 17.7 Å². The van der Waals surface area contributed by atoms with Gasteiger partial charge in [0, 0.05) is 24.2 Å². The summed E-state index contributed by atoms with van der Waals surface area (Å²) in [5.41, 5.74) is 9.26. The number of nitrogens with two attached hydrogens (primary N) is 1. The SMILES string of the molecule is Cc1ccc(N(C)c2nc(C(C)C)nc(N)c2C)cc1. The number of rotatable bonds is 3. The Morgan fingerprint density at radius 3 is 2.20 bits per heavy atom. The molecule has 2 rings (SSSR count). The van der Waals surface area contributed by atoms with Crippen molar-refractivity contribution in [1.29, 1.82) is 0 Å². The highest BCUT2D eigenvalue weighted by Crippen LogP contribution is 2.28. The third kappa shape index (κ3) is 2.74. The van der Waals surface area contributed by atoms with Crippen molar-refractivity contribution in [3.63, 3.8) is 0 Å². The van der Waals surface area contributed by atoms with E-state index in [1.165, 1.54) is 5.56 Å². The maximum absolute atomic E-state index is 6.02. The molecule has 0 bridgehead atoms. The smallest absolute Gasteiger partial charge is 0.141 e. The van der Waals surface area contributed by atoms with Crippen molar-refractivity contribution >= 4 is 17.3 Å². The predicted molar refractivity (Wildman–Crippen MR) is 84.5 cm³/mol. The monoisotopic (exact) mass is 270 g/mol. The van der Waals surface area contributed by atoms with E-state index in [2.05, 4.69) is 59.9 Å². The summed E-state index contributed by atoms with van der Waals surface area (Å²) in [7, 11) is 2.00. The van der Waals surface area contributed by atoms with Gasteiger partial charge in [0.1, 0.15) is 17.5 Å². The van der Waals surface area contributed by atoms with E-state index < -0.39 is 0 Å². The lowest BCUT2D eigenvalue weighted by molar-refractivity contribution is 0.772. The van der Waals surface area contributed by atoms with Crippen molar-refractivity contribution in [2.45, 2.75) is 33.6 Å². The second-order valence-electron chi connectivity index (χ2n) is 5.46. The van der Waals surface area contributed by atoms with Crippen LogP contribution in [0.25, 0.3) is 0 Å². The molecule has 0 saturated carbocycles. The highest BCUT2D eigenvalue weighted by atomic mass is 15.2. The summed E-state index contributed by atoms with van der Waals surface area (Å²) in [6.07, 6.45) is 0. The molecule has 4 heteroatoms. The van der Waals surface area contributed by atoms with Gasteiger partial charge in [-0.2, -0.15) is 0 Å². The van der Waals surface area contributed by atoms with Crippen LogP contribution >= 0.6 is 0 Å². The summed E-state index contributed by atoms with van der Waals surface area (Å²) < 4.78 is 0. The first-order chi connectivity index (χ1) is 9.40. The lowest BCUT2D eigenvalue weighted by Crippen LogP contribution is -2.16. The summed E-state index contributed by atoms with van der Waals surface area (Å²) in [6, 6.07) is 8.36. The third-order valence-corrected chi connectivity index (χ3v) is 3.43. The van der Waals surface area contributed by atoms with Gasteiger partial charge in [-0.3, -0.25) is 0 Å². The summed E-state index contributed by atoms with van der Waals surface area (Å²) in [6.45, 7) is 8.17. The van der Waals surface area contributed by atoms with Gasteiger partial charge in [-0.1, -0.05) is 31.5 Å². The van der Waals surface area contributed by atoms with Crippen LogP contribution in [0, 0.1) is 13.8 Å². The number of hydrogen-bond acceptors (Lipinski definition) is 4. The largest absolute Gasteiger partial charge is 0.383 e. The van der Waals surface area contributed by atoms with Gasteiger partial charge in [0.25, 0.3) is 0 Å². The normalized spacial score (nSPS) is 10.9. The van der Waals surface area contributed by atoms with E-state index in [1.807, 2.05) is 14.0 Å². The molecule has 0 unspecified atom stereocenters. The molecule has 0 spiro atoms. The maximum Gasteiger partial charge on any atom is 0.141 e. The van der Waals surface area contributed by atoms with Gasteiger partial charge in [-0.15, -0.1) is 0 Å². The average Bonchev–Trinajstić information content (AvgIpc) is 2.41. The molecule has 1 aromatic heterocycles. The minimum absolute atomic E-state index is 0.253. The fraction of sp³-hybridized carbons (Fsp3) is 0.375. The van der Waals surface area contributed by atoms with Gasteiger partial charge in [0.15, 0.2) is 0 Å². The van der Waals surface area contributed by atoms with Gasteiger partial charge in [0.2, 0.25) is 0 Å². The average molecular weight is 270 g/mol. The molecule has 2 N–H and O–H groups in total. The second-order valence-corrected chi connectivity index (χ2v) is 5.46. The maximum atomic E-state index is 6.02. The van der Waals surface area contributed by atoms with Crippen LogP contribution in [0.15, 0.2) is 24.3 Å². The van der Waals surface area contributed by atoms with Crippen LogP contribution in [0.1, 0.15) is 36.7 Å². The zero-order chi connectivity index (χ0) is 14.9. The van der Waals surface area contributed by atoms with Crippen LogP contribution < -0.4 is 10.6 Å². The molecule has 20 heavy (non-hydrogen) atoms. The minimum Gasteiger partial charge on any atom is -0.383 e. The van der Waals surface area contributed by atoms with Crippen molar-refractivity contribution in [3.05, 3.63) is 41.2 Å². The fourth-order valence-corrected chi connectivity index (χ4v) is 2.01. The molecule has 0 amide bonds. The number of hydrogen-bond donors (Lipinski definition) is 1. The van der Waals surface area contributed by atoms with Gasteiger partial charge in [0.05, 0.1) is 0 Å². The van der Waals surface area contributed by atoms with Crippen LogP contribution in [-0.4, -0.2) is 17.0 Å². The summed E-state index contributed by atoms with van der Waals surface area (Å²) in [5.74, 6) is 2.45.